The van der Waals surface area contributed by atoms with Crippen LogP contribution in [0.4, 0.5) is 13.2 Å². The van der Waals surface area contributed by atoms with Gasteiger partial charge in [-0.3, -0.25) is 14.4 Å². The Bertz CT molecular complexity index is 1500. The summed E-state index contributed by atoms with van der Waals surface area (Å²) in [6, 6.07) is 10.3. The lowest BCUT2D eigenvalue weighted by molar-refractivity contribution is -0.150. The van der Waals surface area contributed by atoms with Crippen molar-refractivity contribution in [1.82, 2.24) is 15.0 Å². The van der Waals surface area contributed by atoms with Crippen LogP contribution in [0.1, 0.15) is 48.5 Å². The van der Waals surface area contributed by atoms with Crippen molar-refractivity contribution in [2.75, 3.05) is 13.2 Å². The Labute approximate surface area is 249 Å². The third kappa shape index (κ3) is 8.10. The number of nitrogens with zero attached hydrogens (tertiary/aromatic N) is 3. The average Bonchev–Trinajstić information content (AvgIpc) is 3.37. The lowest BCUT2D eigenvalue weighted by Gasteiger charge is -2.24. The first-order chi connectivity index (χ1) is 20.3. The number of alkyl halides is 3. The Morgan fingerprint density at radius 3 is 2.42 bits per heavy atom. The van der Waals surface area contributed by atoms with Crippen molar-refractivity contribution in [3.05, 3.63) is 63.9 Å². The molecule has 43 heavy (non-hydrogen) atoms. The number of benzene rings is 2. The van der Waals surface area contributed by atoms with Crippen molar-refractivity contribution in [2.24, 2.45) is 17.8 Å². The SMILES string of the molecule is CCCCOc1ccc(C(=O)C2CCC(Cn3nnc4ccc(C(F)(F)F)cc4c3=O)C2C(=O)OCC[Si](C)(C)C)cc1. The molecule has 0 spiro atoms. The smallest absolute Gasteiger partial charge is 0.416 e. The first-order valence-corrected chi connectivity index (χ1v) is 18.4. The van der Waals surface area contributed by atoms with Gasteiger partial charge in [-0.05, 0) is 73.7 Å². The number of halogens is 3. The van der Waals surface area contributed by atoms with E-state index in [4.69, 9.17) is 9.47 Å². The average molecular weight is 618 g/mol. The summed E-state index contributed by atoms with van der Waals surface area (Å²) >= 11 is 0. The Balaban J connectivity index is 1.60. The molecule has 12 heteroatoms. The van der Waals surface area contributed by atoms with Crippen LogP contribution < -0.4 is 10.3 Å². The third-order valence-electron chi connectivity index (χ3n) is 7.86. The van der Waals surface area contributed by atoms with Crippen LogP contribution in [0, 0.1) is 17.8 Å². The Kier molecular flexibility index (Phi) is 10.1. The second-order valence-electron chi connectivity index (χ2n) is 12.3. The van der Waals surface area contributed by atoms with Crippen LogP contribution in [-0.2, 0) is 22.3 Å². The number of unbranched alkanes of at least 4 members (excludes halogenated alkanes) is 1. The van der Waals surface area contributed by atoms with Gasteiger partial charge in [0.1, 0.15) is 11.3 Å². The molecule has 0 bridgehead atoms. The molecule has 0 radical (unpaired) electrons. The second-order valence-corrected chi connectivity index (χ2v) is 18.0. The number of hydrogen-bond donors (Lipinski definition) is 0. The molecule has 1 aliphatic carbocycles. The summed E-state index contributed by atoms with van der Waals surface area (Å²) < 4.78 is 52.3. The molecule has 1 saturated carbocycles. The number of rotatable bonds is 12. The number of esters is 1. The van der Waals surface area contributed by atoms with Crippen molar-refractivity contribution in [3.63, 3.8) is 0 Å². The molecule has 8 nitrogen and oxygen atoms in total. The number of carbonyl (C=O) groups excluding carboxylic acids is 2. The van der Waals surface area contributed by atoms with E-state index in [1.54, 1.807) is 24.3 Å². The maximum absolute atomic E-state index is 13.7. The summed E-state index contributed by atoms with van der Waals surface area (Å²) in [6.45, 7) is 9.29. The van der Waals surface area contributed by atoms with E-state index < -0.39 is 49.1 Å². The molecule has 0 N–H and O–H groups in total. The van der Waals surface area contributed by atoms with Crippen LogP contribution >= 0.6 is 0 Å². The monoisotopic (exact) mass is 617 g/mol. The molecule has 1 fully saturated rings. The van der Waals surface area contributed by atoms with Gasteiger partial charge in [0.15, 0.2) is 5.78 Å². The molecule has 4 rings (SSSR count). The fourth-order valence-corrected chi connectivity index (χ4v) is 6.06. The third-order valence-corrected chi connectivity index (χ3v) is 9.56. The molecule has 0 saturated heterocycles. The minimum absolute atomic E-state index is 0.0400. The van der Waals surface area contributed by atoms with E-state index in [1.807, 2.05) is 0 Å². The van der Waals surface area contributed by atoms with Crippen molar-refractivity contribution in [3.8, 4) is 5.75 Å². The molecule has 1 aliphatic rings. The van der Waals surface area contributed by atoms with E-state index in [2.05, 4.69) is 36.9 Å². The van der Waals surface area contributed by atoms with E-state index in [0.717, 1.165) is 41.8 Å². The fourth-order valence-electron chi connectivity index (χ4n) is 5.35. The van der Waals surface area contributed by atoms with Gasteiger partial charge in [0, 0.05) is 19.6 Å². The van der Waals surface area contributed by atoms with Crippen LogP contribution in [-0.4, -0.2) is 48.0 Å². The largest absolute Gasteiger partial charge is 0.494 e. The Morgan fingerprint density at radius 1 is 1.05 bits per heavy atom. The Morgan fingerprint density at radius 2 is 1.77 bits per heavy atom. The first-order valence-electron chi connectivity index (χ1n) is 14.7. The maximum Gasteiger partial charge on any atom is 0.416 e. The molecule has 0 aliphatic heterocycles. The topological polar surface area (TPSA) is 100 Å². The van der Waals surface area contributed by atoms with Gasteiger partial charge in [0.25, 0.3) is 5.56 Å². The van der Waals surface area contributed by atoms with Gasteiger partial charge in [-0.15, -0.1) is 5.10 Å². The quantitative estimate of drug-likeness (QED) is 0.100. The zero-order chi connectivity index (χ0) is 31.4. The van der Waals surface area contributed by atoms with Crippen molar-refractivity contribution in [2.45, 2.75) is 71.0 Å². The summed E-state index contributed by atoms with van der Waals surface area (Å²) in [4.78, 5) is 40.4. The minimum Gasteiger partial charge on any atom is -0.494 e. The van der Waals surface area contributed by atoms with E-state index in [1.165, 1.54) is 0 Å². The lowest BCUT2D eigenvalue weighted by atomic mass is 9.84. The van der Waals surface area contributed by atoms with Crippen molar-refractivity contribution < 1.29 is 32.2 Å². The van der Waals surface area contributed by atoms with Gasteiger partial charge in [-0.2, -0.15) is 13.2 Å². The molecule has 2 aromatic carbocycles. The van der Waals surface area contributed by atoms with Gasteiger partial charge < -0.3 is 9.47 Å². The zero-order valence-electron chi connectivity index (χ0n) is 24.9. The molecule has 3 unspecified atom stereocenters. The predicted molar refractivity (Wildman–Crippen MR) is 159 cm³/mol. The van der Waals surface area contributed by atoms with Gasteiger partial charge in [0.2, 0.25) is 0 Å². The highest BCUT2D eigenvalue weighted by molar-refractivity contribution is 6.76. The van der Waals surface area contributed by atoms with Crippen LogP contribution in [0.25, 0.3) is 10.9 Å². The van der Waals surface area contributed by atoms with Crippen LogP contribution in [0.2, 0.25) is 25.7 Å². The summed E-state index contributed by atoms with van der Waals surface area (Å²) in [6.07, 6.45) is -1.89. The summed E-state index contributed by atoms with van der Waals surface area (Å²) in [7, 11) is -1.50. The number of carbonyl (C=O) groups is 2. The van der Waals surface area contributed by atoms with E-state index in [0.29, 0.717) is 30.8 Å². The second kappa shape index (κ2) is 13.4. The van der Waals surface area contributed by atoms with Crippen LogP contribution in [0.15, 0.2) is 47.3 Å². The summed E-state index contributed by atoms with van der Waals surface area (Å²) in [5, 5.41) is 7.67. The lowest BCUT2D eigenvalue weighted by Crippen LogP contribution is -2.36. The number of fused-ring (bicyclic) bond motifs is 1. The number of hydrogen-bond acceptors (Lipinski definition) is 7. The number of aromatic nitrogens is 3. The number of ketones is 1. The highest BCUT2D eigenvalue weighted by atomic mass is 28.3. The molecule has 3 atom stereocenters. The molecule has 232 valence electrons. The van der Waals surface area contributed by atoms with Gasteiger partial charge in [0.05, 0.1) is 36.6 Å². The molecule has 3 aromatic rings. The maximum atomic E-state index is 13.7. The normalized spacial score (nSPS) is 19.0. The van der Waals surface area contributed by atoms with Crippen molar-refractivity contribution >= 4 is 30.7 Å². The summed E-state index contributed by atoms with van der Waals surface area (Å²) in [5.41, 5.74) is -1.22. The minimum atomic E-state index is -4.63. The van der Waals surface area contributed by atoms with Gasteiger partial charge in [-0.1, -0.05) is 38.2 Å². The highest BCUT2D eigenvalue weighted by Crippen LogP contribution is 2.41. The highest BCUT2D eigenvalue weighted by Gasteiger charge is 2.46. The van der Waals surface area contributed by atoms with E-state index in [-0.39, 0.29) is 29.8 Å². The first kappa shape index (κ1) is 32.4. The van der Waals surface area contributed by atoms with E-state index >= 15 is 0 Å². The standard InChI is InChI=1S/C31H38F3N3O5Si/c1-5-6-15-41-23-11-7-20(8-12-23)28(38)24-13-9-21(27(24)30(40)42-16-17-43(2,3)4)19-37-29(39)25-18-22(31(32,33)34)10-14-26(25)35-36-37/h7-8,10-12,14,18,21,24,27H,5-6,9,13,15-17,19H2,1-4H3. The molecular formula is C31H38F3N3O5Si. The summed E-state index contributed by atoms with van der Waals surface area (Å²) in [5.74, 6) is -2.10. The van der Waals surface area contributed by atoms with E-state index in [9.17, 15) is 27.6 Å². The molecule has 0 amide bonds. The molecule has 1 heterocycles. The number of Topliss-reactive ketones (excluding diaryl/α,β-unsaturated/α-hetero) is 1. The van der Waals surface area contributed by atoms with Gasteiger partial charge in [-0.25, -0.2) is 4.68 Å². The van der Waals surface area contributed by atoms with Crippen LogP contribution in [0.3, 0.4) is 0 Å². The Hall–Kier alpha value is -3.54. The van der Waals surface area contributed by atoms with Crippen molar-refractivity contribution in [1.29, 1.82) is 0 Å². The zero-order valence-corrected chi connectivity index (χ0v) is 25.9. The molecular weight excluding hydrogens is 579 g/mol. The molecule has 1 aromatic heterocycles. The fraction of sp³-hybridized carbons (Fsp3) is 0.516. The predicted octanol–water partition coefficient (Wildman–Crippen LogP) is 6.40. The van der Waals surface area contributed by atoms with Crippen LogP contribution in [0.5, 0.6) is 5.75 Å². The van der Waals surface area contributed by atoms with Gasteiger partial charge >= 0.3 is 12.1 Å². The number of ether oxygens (including phenoxy) is 2.